The van der Waals surface area contributed by atoms with E-state index in [1.165, 1.54) is 5.56 Å². The van der Waals surface area contributed by atoms with E-state index in [1.54, 1.807) is 0 Å². The molecule has 1 amide bonds. The van der Waals surface area contributed by atoms with Crippen LogP contribution in [0.15, 0.2) is 42.5 Å². The fourth-order valence-corrected chi connectivity index (χ4v) is 3.49. The van der Waals surface area contributed by atoms with Crippen LogP contribution in [0, 0.1) is 17.3 Å². The van der Waals surface area contributed by atoms with Crippen LogP contribution in [0.4, 0.5) is 0 Å². The summed E-state index contributed by atoms with van der Waals surface area (Å²) in [6, 6.07) is 10.2. The summed E-state index contributed by atoms with van der Waals surface area (Å²) in [5.41, 5.74) is 6.58. The number of amides is 1. The molecule has 2 heteroatoms. The highest BCUT2D eigenvalue weighted by molar-refractivity contribution is 5.82. The first kappa shape index (κ1) is 10.6. The first-order valence-electron chi connectivity index (χ1n) is 6.23. The molecule has 88 valence electrons. The van der Waals surface area contributed by atoms with E-state index in [1.807, 2.05) is 18.2 Å². The van der Waals surface area contributed by atoms with Crippen molar-refractivity contribution < 1.29 is 4.79 Å². The maximum absolute atomic E-state index is 11.9. The molecule has 0 spiro atoms. The largest absolute Gasteiger partial charge is 0.369 e. The van der Waals surface area contributed by atoms with Crippen molar-refractivity contribution in [3.8, 4) is 0 Å². The van der Waals surface area contributed by atoms with Crippen molar-refractivity contribution in [3.63, 3.8) is 0 Å². The van der Waals surface area contributed by atoms with Crippen molar-refractivity contribution in [2.45, 2.75) is 19.3 Å². The molecular weight excluding hydrogens is 210 g/mol. The van der Waals surface area contributed by atoms with Crippen LogP contribution in [0.5, 0.6) is 0 Å². The second-order valence-electron chi connectivity index (χ2n) is 5.37. The van der Waals surface area contributed by atoms with E-state index >= 15 is 0 Å². The summed E-state index contributed by atoms with van der Waals surface area (Å²) in [4.78, 5) is 11.9. The minimum Gasteiger partial charge on any atom is -0.369 e. The van der Waals surface area contributed by atoms with Crippen LogP contribution in [-0.2, 0) is 11.2 Å². The number of primary amides is 1. The molecule has 3 rings (SSSR count). The van der Waals surface area contributed by atoms with E-state index in [4.69, 9.17) is 5.73 Å². The molecule has 1 aromatic carbocycles. The first-order valence-corrected chi connectivity index (χ1v) is 6.23. The standard InChI is InChI=1S/C15H17NO/c16-14(17)15(9-11-4-2-1-3-5-11)10-12-6-7-13(15)8-12/h1-7,12-13H,8-10H2,(H2,16,17)/t12-,13-,15-/m0/s1. The van der Waals surface area contributed by atoms with Gasteiger partial charge in [-0.05, 0) is 36.7 Å². The van der Waals surface area contributed by atoms with Gasteiger partial charge < -0.3 is 5.73 Å². The van der Waals surface area contributed by atoms with E-state index in [0.717, 1.165) is 19.3 Å². The molecule has 0 aromatic heterocycles. The van der Waals surface area contributed by atoms with Gasteiger partial charge in [-0.3, -0.25) is 4.79 Å². The van der Waals surface area contributed by atoms with Crippen molar-refractivity contribution >= 4 is 5.91 Å². The SMILES string of the molecule is NC(=O)[C@@]1(Cc2ccccc2)C[C@H]2C=C[C@H]1C2. The number of hydrogen-bond donors (Lipinski definition) is 1. The van der Waals surface area contributed by atoms with E-state index in [9.17, 15) is 4.79 Å². The summed E-state index contributed by atoms with van der Waals surface area (Å²) < 4.78 is 0. The molecule has 0 aliphatic heterocycles. The number of allylic oxidation sites excluding steroid dienone is 2. The molecule has 3 atom stereocenters. The molecule has 1 fully saturated rings. The fraction of sp³-hybridized carbons (Fsp3) is 0.400. The number of carbonyl (C=O) groups excluding carboxylic acids is 1. The molecule has 0 saturated heterocycles. The van der Waals surface area contributed by atoms with E-state index in [0.29, 0.717) is 11.8 Å². The Morgan fingerprint density at radius 2 is 2.06 bits per heavy atom. The van der Waals surface area contributed by atoms with Gasteiger partial charge in [-0.15, -0.1) is 0 Å². The Morgan fingerprint density at radius 3 is 2.59 bits per heavy atom. The van der Waals surface area contributed by atoms with Crippen molar-refractivity contribution in [1.29, 1.82) is 0 Å². The predicted molar refractivity (Wildman–Crippen MR) is 67.1 cm³/mol. The third-order valence-electron chi connectivity index (χ3n) is 4.36. The summed E-state index contributed by atoms with van der Waals surface area (Å²) in [6.07, 6.45) is 7.27. The molecule has 1 aromatic rings. The number of nitrogens with two attached hydrogens (primary N) is 1. The Morgan fingerprint density at radius 1 is 1.29 bits per heavy atom. The topological polar surface area (TPSA) is 43.1 Å². The van der Waals surface area contributed by atoms with Crippen molar-refractivity contribution in [2.75, 3.05) is 0 Å². The average Bonchev–Trinajstić information content (AvgIpc) is 2.91. The molecular formula is C15H17NO. The monoisotopic (exact) mass is 227 g/mol. The first-order chi connectivity index (χ1) is 8.21. The zero-order valence-corrected chi connectivity index (χ0v) is 9.80. The smallest absolute Gasteiger partial charge is 0.224 e. The molecule has 1 saturated carbocycles. The third kappa shape index (κ3) is 1.59. The molecule has 0 heterocycles. The van der Waals surface area contributed by atoms with Crippen LogP contribution < -0.4 is 5.73 Å². The van der Waals surface area contributed by atoms with Crippen molar-refractivity contribution in [3.05, 3.63) is 48.0 Å². The van der Waals surface area contributed by atoms with E-state index < -0.39 is 0 Å². The highest BCUT2D eigenvalue weighted by atomic mass is 16.1. The fourth-order valence-electron chi connectivity index (χ4n) is 3.49. The van der Waals surface area contributed by atoms with Gasteiger partial charge in [0, 0.05) is 0 Å². The van der Waals surface area contributed by atoms with E-state index in [2.05, 4.69) is 24.3 Å². The van der Waals surface area contributed by atoms with Gasteiger partial charge >= 0.3 is 0 Å². The van der Waals surface area contributed by atoms with Gasteiger partial charge in [0.1, 0.15) is 0 Å². The molecule has 2 bridgehead atoms. The van der Waals surface area contributed by atoms with Gasteiger partial charge in [0.15, 0.2) is 0 Å². The normalized spacial score (nSPS) is 34.1. The second-order valence-corrected chi connectivity index (χ2v) is 5.37. The van der Waals surface area contributed by atoms with Crippen LogP contribution in [-0.4, -0.2) is 5.91 Å². The molecule has 2 nitrogen and oxygen atoms in total. The predicted octanol–water partition coefficient (Wildman–Crippen LogP) is 2.30. The molecule has 2 N–H and O–H groups in total. The minimum absolute atomic E-state index is 0.127. The lowest BCUT2D eigenvalue weighted by atomic mass is 9.71. The highest BCUT2D eigenvalue weighted by Crippen LogP contribution is 2.53. The van der Waals surface area contributed by atoms with Gasteiger partial charge in [0.2, 0.25) is 5.91 Å². The van der Waals surface area contributed by atoms with Crippen LogP contribution in [0.25, 0.3) is 0 Å². The maximum atomic E-state index is 11.9. The zero-order valence-electron chi connectivity index (χ0n) is 9.80. The summed E-state index contributed by atoms with van der Waals surface area (Å²) in [6.45, 7) is 0. The van der Waals surface area contributed by atoms with Crippen LogP contribution in [0.2, 0.25) is 0 Å². The Bertz CT molecular complexity index is 465. The zero-order chi connectivity index (χ0) is 11.9. The Labute approximate surface area is 102 Å². The number of carbonyl (C=O) groups is 1. The van der Waals surface area contributed by atoms with Crippen LogP contribution in [0.3, 0.4) is 0 Å². The summed E-state index contributed by atoms with van der Waals surface area (Å²) >= 11 is 0. The van der Waals surface area contributed by atoms with Gasteiger partial charge in [-0.2, -0.15) is 0 Å². The third-order valence-corrected chi connectivity index (χ3v) is 4.36. The Hall–Kier alpha value is -1.57. The van der Waals surface area contributed by atoms with Gasteiger partial charge in [-0.1, -0.05) is 42.5 Å². The second kappa shape index (κ2) is 3.73. The summed E-state index contributed by atoms with van der Waals surface area (Å²) in [5, 5.41) is 0. The number of fused-ring (bicyclic) bond motifs is 2. The molecule has 0 unspecified atom stereocenters. The van der Waals surface area contributed by atoms with Crippen LogP contribution >= 0.6 is 0 Å². The maximum Gasteiger partial charge on any atom is 0.224 e. The van der Waals surface area contributed by atoms with E-state index in [-0.39, 0.29) is 11.3 Å². The number of rotatable bonds is 3. The van der Waals surface area contributed by atoms with Gasteiger partial charge in [-0.25, -0.2) is 0 Å². The lowest BCUT2D eigenvalue weighted by Crippen LogP contribution is -2.42. The molecule has 0 radical (unpaired) electrons. The average molecular weight is 227 g/mol. The summed E-state index contributed by atoms with van der Waals surface area (Å²) in [7, 11) is 0. The Kier molecular flexibility index (Phi) is 2.32. The summed E-state index contributed by atoms with van der Waals surface area (Å²) in [5.74, 6) is 0.791. The van der Waals surface area contributed by atoms with Gasteiger partial charge in [0.05, 0.1) is 5.41 Å². The van der Waals surface area contributed by atoms with Crippen molar-refractivity contribution in [2.24, 2.45) is 23.0 Å². The van der Waals surface area contributed by atoms with Crippen molar-refractivity contribution in [1.82, 2.24) is 0 Å². The molecule has 2 aliphatic carbocycles. The molecule has 2 aliphatic rings. The highest BCUT2D eigenvalue weighted by Gasteiger charge is 2.52. The van der Waals surface area contributed by atoms with Gasteiger partial charge in [0.25, 0.3) is 0 Å². The lowest BCUT2D eigenvalue weighted by Gasteiger charge is -2.32. The Balaban J connectivity index is 1.92. The molecule has 17 heavy (non-hydrogen) atoms. The minimum atomic E-state index is -0.333. The lowest BCUT2D eigenvalue weighted by molar-refractivity contribution is -0.129. The number of hydrogen-bond acceptors (Lipinski definition) is 1. The quantitative estimate of drug-likeness (QED) is 0.791. The number of benzene rings is 1. The van der Waals surface area contributed by atoms with Crippen LogP contribution in [0.1, 0.15) is 18.4 Å².